The van der Waals surface area contributed by atoms with Crippen molar-refractivity contribution in [2.75, 3.05) is 20.2 Å². The summed E-state index contributed by atoms with van der Waals surface area (Å²) < 4.78 is 10.3. The highest BCUT2D eigenvalue weighted by atomic mass is 16.5. The number of nitrogens with zero attached hydrogens (tertiary/aromatic N) is 2. The third-order valence-corrected chi connectivity index (χ3v) is 3.48. The summed E-state index contributed by atoms with van der Waals surface area (Å²) in [4.78, 5) is 14.1. The van der Waals surface area contributed by atoms with E-state index in [4.69, 9.17) is 15.0 Å². The molecule has 1 aliphatic rings. The summed E-state index contributed by atoms with van der Waals surface area (Å²) in [6, 6.07) is 0.000648. The van der Waals surface area contributed by atoms with Crippen LogP contribution in [0.15, 0.2) is 10.7 Å². The molecule has 0 saturated carbocycles. The van der Waals surface area contributed by atoms with Gasteiger partial charge in [0.25, 0.3) is 5.91 Å². The second kappa shape index (κ2) is 5.49. The molecule has 1 aliphatic heterocycles. The molecule has 18 heavy (non-hydrogen) atoms. The van der Waals surface area contributed by atoms with Crippen molar-refractivity contribution in [2.24, 2.45) is 5.73 Å². The molecule has 2 unspecified atom stereocenters. The van der Waals surface area contributed by atoms with Crippen LogP contribution >= 0.6 is 0 Å². The van der Waals surface area contributed by atoms with Crippen molar-refractivity contribution in [3.05, 3.63) is 17.5 Å². The molecule has 0 aromatic carbocycles. The number of aromatic nitrogens is 1. The predicted molar refractivity (Wildman–Crippen MR) is 65.1 cm³/mol. The molecule has 0 bridgehead atoms. The first-order valence-electron chi connectivity index (χ1n) is 6.12. The molecule has 2 N–H and O–H groups in total. The van der Waals surface area contributed by atoms with Crippen LogP contribution in [-0.4, -0.2) is 48.3 Å². The van der Waals surface area contributed by atoms with E-state index in [2.05, 4.69) is 5.16 Å². The van der Waals surface area contributed by atoms with Crippen LogP contribution in [0.5, 0.6) is 0 Å². The van der Waals surface area contributed by atoms with E-state index in [9.17, 15) is 4.79 Å². The van der Waals surface area contributed by atoms with E-state index in [0.29, 0.717) is 18.8 Å². The topological polar surface area (TPSA) is 81.6 Å². The fourth-order valence-electron chi connectivity index (χ4n) is 2.35. The lowest BCUT2D eigenvalue weighted by Gasteiger charge is -2.37. The Labute approximate surface area is 106 Å². The molecule has 2 atom stereocenters. The lowest BCUT2D eigenvalue weighted by molar-refractivity contribution is 0.0120. The summed E-state index contributed by atoms with van der Waals surface area (Å²) in [7, 11) is 1.69. The first-order chi connectivity index (χ1) is 8.67. The summed E-state index contributed by atoms with van der Waals surface area (Å²) in [5, 5.41) is 3.64. The molecule has 6 heteroatoms. The van der Waals surface area contributed by atoms with E-state index in [-0.39, 0.29) is 18.1 Å². The highest BCUT2D eigenvalue weighted by Crippen LogP contribution is 2.22. The largest absolute Gasteiger partial charge is 0.381 e. The smallest absolute Gasteiger partial charge is 0.293 e. The molecule has 0 radical (unpaired) electrons. The van der Waals surface area contributed by atoms with Gasteiger partial charge in [0, 0.05) is 31.8 Å². The molecule has 2 heterocycles. The van der Waals surface area contributed by atoms with Crippen LogP contribution in [0.4, 0.5) is 0 Å². The van der Waals surface area contributed by atoms with Gasteiger partial charge in [-0.1, -0.05) is 5.16 Å². The zero-order chi connectivity index (χ0) is 13.1. The number of hydrogen-bond acceptors (Lipinski definition) is 5. The van der Waals surface area contributed by atoms with Gasteiger partial charge in [-0.2, -0.15) is 0 Å². The van der Waals surface area contributed by atoms with Gasteiger partial charge in [0.15, 0.2) is 0 Å². The van der Waals surface area contributed by atoms with Gasteiger partial charge in [0.05, 0.1) is 12.3 Å². The average molecular weight is 253 g/mol. The van der Waals surface area contributed by atoms with Gasteiger partial charge in [-0.15, -0.1) is 0 Å². The number of carbonyl (C=O) groups is 1. The molecule has 6 nitrogen and oxygen atoms in total. The third-order valence-electron chi connectivity index (χ3n) is 3.48. The number of aryl methyl sites for hydroxylation is 1. The third kappa shape index (κ3) is 2.39. The fourth-order valence-corrected chi connectivity index (χ4v) is 2.35. The number of rotatable bonds is 3. The van der Waals surface area contributed by atoms with E-state index in [1.54, 1.807) is 18.2 Å². The van der Waals surface area contributed by atoms with Gasteiger partial charge in [0.1, 0.15) is 0 Å². The number of hydrogen-bond donors (Lipinski definition) is 1. The Balaban J connectivity index is 2.13. The molecular formula is C12H19N3O3. The summed E-state index contributed by atoms with van der Waals surface area (Å²) in [5.41, 5.74) is 6.50. The van der Waals surface area contributed by atoms with E-state index in [0.717, 1.165) is 18.4 Å². The first-order valence-corrected chi connectivity index (χ1v) is 6.12. The Morgan fingerprint density at radius 3 is 3.06 bits per heavy atom. The monoisotopic (exact) mass is 253 g/mol. The summed E-state index contributed by atoms with van der Waals surface area (Å²) in [6.07, 6.45) is 3.32. The van der Waals surface area contributed by atoms with E-state index in [1.165, 1.54) is 0 Å². The maximum Gasteiger partial charge on any atom is 0.293 e. The number of amides is 1. The van der Waals surface area contributed by atoms with Gasteiger partial charge < -0.3 is 19.9 Å². The Bertz CT molecular complexity index is 418. The minimum absolute atomic E-state index is 0.000648. The number of nitrogens with two attached hydrogens (primary N) is 1. The normalized spacial score (nSPS) is 24.3. The number of likely N-dealkylation sites (tertiary alicyclic amines) is 1. The van der Waals surface area contributed by atoms with Crippen molar-refractivity contribution in [1.82, 2.24) is 10.1 Å². The number of ether oxygens (including phenoxy) is 1. The molecular weight excluding hydrogens is 234 g/mol. The van der Waals surface area contributed by atoms with Gasteiger partial charge in [-0.05, 0) is 19.8 Å². The van der Waals surface area contributed by atoms with E-state index < -0.39 is 0 Å². The maximum absolute atomic E-state index is 12.3. The van der Waals surface area contributed by atoms with Crippen LogP contribution < -0.4 is 5.73 Å². The first kappa shape index (κ1) is 13.0. The highest BCUT2D eigenvalue weighted by molar-refractivity contribution is 5.93. The molecule has 2 rings (SSSR count). The van der Waals surface area contributed by atoms with Gasteiger partial charge in [-0.3, -0.25) is 4.79 Å². The lowest BCUT2D eigenvalue weighted by atomic mass is 9.98. The summed E-state index contributed by atoms with van der Waals surface area (Å²) in [5.74, 6) is 0.180. The van der Waals surface area contributed by atoms with Crippen LogP contribution in [0.3, 0.4) is 0 Å². The van der Waals surface area contributed by atoms with E-state index >= 15 is 0 Å². The molecule has 1 aromatic rings. The van der Waals surface area contributed by atoms with Gasteiger partial charge in [0.2, 0.25) is 5.76 Å². The Hall–Kier alpha value is -1.40. The minimum Gasteiger partial charge on any atom is -0.381 e. The van der Waals surface area contributed by atoms with Crippen LogP contribution in [0.1, 0.15) is 29.0 Å². The summed E-state index contributed by atoms with van der Waals surface area (Å²) >= 11 is 0. The molecule has 1 aromatic heterocycles. The molecule has 1 saturated heterocycles. The quantitative estimate of drug-likeness (QED) is 0.851. The Morgan fingerprint density at radius 2 is 2.50 bits per heavy atom. The fraction of sp³-hybridized carbons (Fsp3) is 0.667. The van der Waals surface area contributed by atoms with E-state index in [1.807, 2.05) is 6.92 Å². The number of piperidine rings is 1. The van der Waals surface area contributed by atoms with Crippen molar-refractivity contribution < 1.29 is 14.1 Å². The highest BCUT2D eigenvalue weighted by Gasteiger charge is 2.33. The Kier molecular flexibility index (Phi) is 3.98. The lowest BCUT2D eigenvalue weighted by Crippen LogP contribution is -2.51. The molecule has 1 fully saturated rings. The van der Waals surface area contributed by atoms with Crippen molar-refractivity contribution in [2.45, 2.75) is 31.9 Å². The van der Waals surface area contributed by atoms with Crippen molar-refractivity contribution in [3.8, 4) is 0 Å². The Morgan fingerprint density at radius 1 is 1.72 bits per heavy atom. The molecule has 0 spiro atoms. The molecule has 1 amide bonds. The molecule has 0 aliphatic carbocycles. The SMILES string of the molecule is COC1CCN(C(=O)c2oncc2C)C(CN)C1. The van der Waals surface area contributed by atoms with Gasteiger partial charge in [-0.25, -0.2) is 0 Å². The summed E-state index contributed by atoms with van der Waals surface area (Å²) in [6.45, 7) is 2.88. The van der Waals surface area contributed by atoms with Crippen LogP contribution in [0.2, 0.25) is 0 Å². The van der Waals surface area contributed by atoms with Crippen molar-refractivity contribution in [1.29, 1.82) is 0 Å². The van der Waals surface area contributed by atoms with Crippen LogP contribution in [0.25, 0.3) is 0 Å². The second-order valence-corrected chi connectivity index (χ2v) is 4.61. The number of methoxy groups -OCH3 is 1. The number of carbonyl (C=O) groups excluding carboxylic acids is 1. The van der Waals surface area contributed by atoms with Crippen LogP contribution in [-0.2, 0) is 4.74 Å². The van der Waals surface area contributed by atoms with Gasteiger partial charge >= 0.3 is 0 Å². The minimum atomic E-state index is -0.130. The average Bonchev–Trinajstić information content (AvgIpc) is 2.83. The molecule has 100 valence electrons. The second-order valence-electron chi connectivity index (χ2n) is 4.61. The zero-order valence-corrected chi connectivity index (χ0v) is 10.8. The predicted octanol–water partition coefficient (Wildman–Crippen LogP) is 0.561. The zero-order valence-electron chi connectivity index (χ0n) is 10.8. The maximum atomic E-state index is 12.3. The van der Waals surface area contributed by atoms with Crippen molar-refractivity contribution in [3.63, 3.8) is 0 Å². The van der Waals surface area contributed by atoms with Crippen molar-refractivity contribution >= 4 is 5.91 Å². The standard InChI is InChI=1S/C12H19N3O3/c1-8-7-14-18-11(8)12(16)15-4-3-10(17-2)5-9(15)6-13/h7,9-10H,3-6,13H2,1-2H3. The van der Waals surface area contributed by atoms with Crippen LogP contribution in [0, 0.1) is 6.92 Å².